The van der Waals surface area contributed by atoms with Crippen LogP contribution in [0.25, 0.3) is 0 Å². The number of aromatic nitrogens is 1. The van der Waals surface area contributed by atoms with Gasteiger partial charge in [-0.05, 0) is 19.8 Å². The number of rotatable bonds is 1. The lowest BCUT2D eigenvalue weighted by Crippen LogP contribution is -2.17. The monoisotopic (exact) mass is 191 g/mol. The maximum Gasteiger partial charge on any atom is 0.181 e. The molecule has 0 atom stereocenters. The molecule has 1 aromatic rings. The van der Waals surface area contributed by atoms with Crippen LogP contribution in [0.3, 0.4) is 0 Å². The van der Waals surface area contributed by atoms with Gasteiger partial charge in [-0.15, -0.1) is 0 Å². The number of hydrogen-bond acceptors (Lipinski definition) is 1. The fraction of sp³-hybridized carbons (Fsp3) is 0.583. The van der Waals surface area contributed by atoms with Gasteiger partial charge in [0, 0.05) is 30.1 Å². The zero-order chi connectivity index (χ0) is 9.97. The second-order valence-corrected chi connectivity index (χ2v) is 4.20. The molecule has 14 heavy (non-hydrogen) atoms. The molecule has 0 saturated heterocycles. The van der Waals surface area contributed by atoms with E-state index >= 15 is 0 Å². The first-order valence-corrected chi connectivity index (χ1v) is 5.46. The maximum atomic E-state index is 11.1. The number of nitrogens with zero attached hydrogens (tertiary/aromatic N) is 1. The molecule has 0 aromatic carbocycles. The lowest BCUT2D eigenvalue weighted by Gasteiger charge is -2.26. The van der Waals surface area contributed by atoms with Crippen LogP contribution in [0.2, 0.25) is 0 Å². The third-order valence-corrected chi connectivity index (χ3v) is 3.13. The van der Waals surface area contributed by atoms with Gasteiger partial charge in [0.25, 0.3) is 0 Å². The second-order valence-electron chi connectivity index (χ2n) is 4.20. The van der Waals surface area contributed by atoms with Crippen molar-refractivity contribution in [1.82, 2.24) is 4.57 Å². The molecule has 2 rings (SSSR count). The molecule has 0 amide bonds. The number of aryl methyl sites for hydroxylation is 1. The normalized spacial score (nSPS) is 18.4. The molecule has 0 bridgehead atoms. The fourth-order valence-electron chi connectivity index (χ4n) is 2.37. The van der Waals surface area contributed by atoms with E-state index in [1.165, 1.54) is 32.1 Å². The van der Waals surface area contributed by atoms with Crippen LogP contribution in [-0.2, 0) is 0 Å². The summed E-state index contributed by atoms with van der Waals surface area (Å²) in [5.74, 6) is 0. The van der Waals surface area contributed by atoms with Crippen LogP contribution < -0.4 is 5.43 Å². The topological polar surface area (TPSA) is 22.0 Å². The summed E-state index contributed by atoms with van der Waals surface area (Å²) in [5, 5.41) is 0. The van der Waals surface area contributed by atoms with Gasteiger partial charge in [0.2, 0.25) is 0 Å². The molecule has 0 radical (unpaired) electrons. The zero-order valence-corrected chi connectivity index (χ0v) is 8.70. The van der Waals surface area contributed by atoms with E-state index in [0.29, 0.717) is 6.04 Å². The van der Waals surface area contributed by atoms with Crippen molar-refractivity contribution in [3.63, 3.8) is 0 Å². The van der Waals surface area contributed by atoms with E-state index in [2.05, 4.69) is 4.57 Å². The van der Waals surface area contributed by atoms with Crippen molar-refractivity contribution in [3.05, 3.63) is 34.2 Å². The van der Waals surface area contributed by atoms with E-state index < -0.39 is 0 Å². The van der Waals surface area contributed by atoms with Crippen LogP contribution in [0.15, 0.2) is 23.1 Å². The maximum absolute atomic E-state index is 11.1. The number of hydrogen-bond donors (Lipinski definition) is 0. The van der Waals surface area contributed by atoms with Crippen molar-refractivity contribution >= 4 is 0 Å². The summed E-state index contributed by atoms with van der Waals surface area (Å²) in [4.78, 5) is 11.1. The standard InChI is InChI=1S/C12H17NO/c1-10-9-12(14)7-8-13(10)11-5-3-2-4-6-11/h7-9,11H,2-6H2,1H3. The second kappa shape index (κ2) is 3.99. The van der Waals surface area contributed by atoms with Crippen molar-refractivity contribution < 1.29 is 0 Å². The van der Waals surface area contributed by atoms with Crippen LogP contribution in [0.4, 0.5) is 0 Å². The third kappa shape index (κ3) is 1.89. The molecule has 1 aromatic heterocycles. The quantitative estimate of drug-likeness (QED) is 0.669. The molecule has 2 heteroatoms. The minimum Gasteiger partial charge on any atom is -0.348 e. The molecule has 0 N–H and O–H groups in total. The summed E-state index contributed by atoms with van der Waals surface area (Å²) in [6, 6.07) is 4.03. The summed E-state index contributed by atoms with van der Waals surface area (Å²) < 4.78 is 2.26. The highest BCUT2D eigenvalue weighted by Gasteiger charge is 2.14. The fourth-order valence-corrected chi connectivity index (χ4v) is 2.37. The number of pyridine rings is 1. The molecule has 76 valence electrons. The summed E-state index contributed by atoms with van der Waals surface area (Å²) in [5.41, 5.74) is 1.22. The van der Waals surface area contributed by atoms with E-state index in [1.54, 1.807) is 12.1 Å². The molecule has 0 unspecified atom stereocenters. The predicted molar refractivity (Wildman–Crippen MR) is 57.6 cm³/mol. The van der Waals surface area contributed by atoms with E-state index in [1.807, 2.05) is 13.1 Å². The van der Waals surface area contributed by atoms with Crippen molar-refractivity contribution in [2.24, 2.45) is 0 Å². The smallest absolute Gasteiger partial charge is 0.181 e. The highest BCUT2D eigenvalue weighted by molar-refractivity contribution is 5.06. The molecule has 1 heterocycles. The van der Waals surface area contributed by atoms with Crippen LogP contribution in [0.5, 0.6) is 0 Å². The first kappa shape index (κ1) is 9.50. The summed E-state index contributed by atoms with van der Waals surface area (Å²) in [7, 11) is 0. The summed E-state index contributed by atoms with van der Waals surface area (Å²) in [6.45, 7) is 2.02. The average Bonchev–Trinajstić information content (AvgIpc) is 2.19. The zero-order valence-electron chi connectivity index (χ0n) is 8.70. The van der Waals surface area contributed by atoms with E-state index in [4.69, 9.17) is 0 Å². The van der Waals surface area contributed by atoms with E-state index in [-0.39, 0.29) is 5.43 Å². The Kier molecular flexibility index (Phi) is 2.71. The van der Waals surface area contributed by atoms with Crippen LogP contribution >= 0.6 is 0 Å². The molecular weight excluding hydrogens is 174 g/mol. The van der Waals surface area contributed by atoms with Crippen LogP contribution in [-0.4, -0.2) is 4.57 Å². The summed E-state index contributed by atoms with van der Waals surface area (Å²) >= 11 is 0. The Hall–Kier alpha value is -1.05. The van der Waals surface area contributed by atoms with Crippen molar-refractivity contribution in [2.75, 3.05) is 0 Å². The van der Waals surface area contributed by atoms with Gasteiger partial charge in [-0.3, -0.25) is 4.79 Å². The molecule has 1 fully saturated rings. The highest BCUT2D eigenvalue weighted by Crippen LogP contribution is 2.28. The Morgan fingerprint density at radius 1 is 1.29 bits per heavy atom. The summed E-state index contributed by atoms with van der Waals surface area (Å²) in [6.07, 6.45) is 8.52. The molecule has 1 aliphatic carbocycles. The molecule has 1 aliphatic rings. The van der Waals surface area contributed by atoms with Crippen molar-refractivity contribution in [2.45, 2.75) is 45.1 Å². The first-order valence-electron chi connectivity index (χ1n) is 5.46. The van der Waals surface area contributed by atoms with Gasteiger partial charge in [0.05, 0.1) is 0 Å². The van der Waals surface area contributed by atoms with Gasteiger partial charge >= 0.3 is 0 Å². The molecule has 0 aliphatic heterocycles. The predicted octanol–water partition coefficient (Wildman–Crippen LogP) is 2.66. The Morgan fingerprint density at radius 2 is 2.00 bits per heavy atom. The molecule has 1 saturated carbocycles. The Balaban J connectivity index is 2.26. The van der Waals surface area contributed by atoms with Gasteiger partial charge in [-0.25, -0.2) is 0 Å². The molecular formula is C12H17NO. The van der Waals surface area contributed by atoms with Crippen LogP contribution in [0.1, 0.15) is 43.8 Å². The van der Waals surface area contributed by atoms with Crippen molar-refractivity contribution in [3.8, 4) is 0 Å². The van der Waals surface area contributed by atoms with E-state index in [9.17, 15) is 4.79 Å². The average molecular weight is 191 g/mol. The van der Waals surface area contributed by atoms with Gasteiger partial charge < -0.3 is 4.57 Å². The SMILES string of the molecule is Cc1cc(=O)ccn1C1CCCCC1. The minimum atomic E-state index is 0.120. The Bertz CT molecular complexity index is 361. The Labute approximate surface area is 84.6 Å². The van der Waals surface area contributed by atoms with Gasteiger partial charge in [-0.1, -0.05) is 19.3 Å². The lowest BCUT2D eigenvalue weighted by atomic mass is 9.95. The van der Waals surface area contributed by atoms with Crippen molar-refractivity contribution in [1.29, 1.82) is 0 Å². The molecule has 2 nitrogen and oxygen atoms in total. The highest BCUT2D eigenvalue weighted by atomic mass is 16.1. The van der Waals surface area contributed by atoms with E-state index in [0.717, 1.165) is 5.69 Å². The van der Waals surface area contributed by atoms with Gasteiger partial charge in [0.15, 0.2) is 5.43 Å². The van der Waals surface area contributed by atoms with Gasteiger partial charge in [-0.2, -0.15) is 0 Å². The largest absolute Gasteiger partial charge is 0.348 e. The lowest BCUT2D eigenvalue weighted by molar-refractivity contribution is 0.347. The third-order valence-electron chi connectivity index (χ3n) is 3.13. The van der Waals surface area contributed by atoms with Crippen LogP contribution in [0, 0.1) is 6.92 Å². The van der Waals surface area contributed by atoms with Gasteiger partial charge in [0.1, 0.15) is 0 Å². The first-order chi connectivity index (χ1) is 6.77. The Morgan fingerprint density at radius 3 is 2.64 bits per heavy atom. The minimum absolute atomic E-state index is 0.120. The molecule has 0 spiro atoms.